The van der Waals surface area contributed by atoms with Gasteiger partial charge in [0.15, 0.2) is 0 Å². The predicted octanol–water partition coefficient (Wildman–Crippen LogP) is 4.82. The van der Waals surface area contributed by atoms with Crippen molar-refractivity contribution < 1.29 is 27.5 Å². The molecule has 0 atom stereocenters. The van der Waals surface area contributed by atoms with E-state index in [2.05, 4.69) is 4.74 Å². The SMILES string of the molecule is COC(=O)CCN(C(=O)c1ccc(C(F)(F)F)cc1)C1CCCCCCC1. The van der Waals surface area contributed by atoms with E-state index < -0.39 is 17.7 Å². The highest BCUT2D eigenvalue weighted by atomic mass is 19.4. The number of nitrogens with zero attached hydrogens (tertiary/aromatic N) is 1. The number of carbonyl (C=O) groups excluding carboxylic acids is 2. The van der Waals surface area contributed by atoms with Crippen LogP contribution < -0.4 is 0 Å². The summed E-state index contributed by atoms with van der Waals surface area (Å²) < 4.78 is 42.9. The minimum atomic E-state index is -4.44. The lowest BCUT2D eigenvalue weighted by atomic mass is 9.95. The Kier molecular flexibility index (Phi) is 7.68. The van der Waals surface area contributed by atoms with Gasteiger partial charge in [-0.3, -0.25) is 9.59 Å². The van der Waals surface area contributed by atoms with E-state index in [0.717, 1.165) is 50.7 Å². The van der Waals surface area contributed by atoms with Crippen molar-refractivity contribution in [3.05, 3.63) is 35.4 Å². The highest BCUT2D eigenvalue weighted by Gasteiger charge is 2.31. The van der Waals surface area contributed by atoms with Crippen LogP contribution in [-0.4, -0.2) is 36.5 Å². The van der Waals surface area contributed by atoms with Gasteiger partial charge in [-0.2, -0.15) is 13.2 Å². The first kappa shape index (κ1) is 21.3. The van der Waals surface area contributed by atoms with Gasteiger partial charge in [0.2, 0.25) is 0 Å². The highest BCUT2D eigenvalue weighted by Crippen LogP contribution is 2.30. The zero-order valence-corrected chi connectivity index (χ0v) is 15.6. The Morgan fingerprint density at radius 2 is 1.59 bits per heavy atom. The number of esters is 1. The molecule has 1 fully saturated rings. The molecule has 1 aliphatic carbocycles. The summed E-state index contributed by atoms with van der Waals surface area (Å²) in [5, 5.41) is 0. The molecule has 0 aromatic heterocycles. The first-order valence-electron chi connectivity index (χ1n) is 9.38. The Bertz CT molecular complexity index is 620. The van der Waals surface area contributed by atoms with Crippen molar-refractivity contribution in [2.24, 2.45) is 0 Å². The van der Waals surface area contributed by atoms with Crippen LogP contribution >= 0.6 is 0 Å². The summed E-state index contributed by atoms with van der Waals surface area (Å²) in [5.74, 6) is -0.746. The number of ether oxygens (including phenoxy) is 1. The molecule has 1 aromatic carbocycles. The quantitative estimate of drug-likeness (QED) is 0.683. The van der Waals surface area contributed by atoms with Crippen molar-refractivity contribution in [2.45, 2.75) is 63.6 Å². The summed E-state index contributed by atoms with van der Waals surface area (Å²) in [6.45, 7) is 0.206. The lowest BCUT2D eigenvalue weighted by Crippen LogP contribution is -2.42. The van der Waals surface area contributed by atoms with Crippen molar-refractivity contribution in [1.29, 1.82) is 0 Å². The topological polar surface area (TPSA) is 46.6 Å². The molecular formula is C20H26F3NO3. The third-order valence-electron chi connectivity index (χ3n) is 5.02. The van der Waals surface area contributed by atoms with Gasteiger partial charge in [-0.05, 0) is 37.1 Å². The van der Waals surface area contributed by atoms with Gasteiger partial charge < -0.3 is 9.64 Å². The van der Waals surface area contributed by atoms with Gasteiger partial charge in [-0.15, -0.1) is 0 Å². The second-order valence-corrected chi connectivity index (χ2v) is 6.90. The fourth-order valence-electron chi connectivity index (χ4n) is 3.48. The molecule has 0 heterocycles. The van der Waals surface area contributed by atoms with Crippen LogP contribution in [0.5, 0.6) is 0 Å². The number of alkyl halides is 3. The molecular weight excluding hydrogens is 359 g/mol. The molecule has 0 saturated heterocycles. The molecule has 4 nitrogen and oxygen atoms in total. The van der Waals surface area contributed by atoms with Crippen molar-refractivity contribution in [3.63, 3.8) is 0 Å². The Hall–Kier alpha value is -2.05. The van der Waals surface area contributed by atoms with Gasteiger partial charge >= 0.3 is 12.1 Å². The molecule has 1 aliphatic rings. The minimum Gasteiger partial charge on any atom is -0.469 e. The van der Waals surface area contributed by atoms with E-state index in [1.807, 2.05) is 0 Å². The zero-order valence-electron chi connectivity index (χ0n) is 15.6. The van der Waals surface area contributed by atoms with Gasteiger partial charge in [0.05, 0.1) is 19.1 Å². The fourth-order valence-corrected chi connectivity index (χ4v) is 3.48. The molecule has 0 radical (unpaired) electrons. The van der Waals surface area contributed by atoms with E-state index >= 15 is 0 Å². The largest absolute Gasteiger partial charge is 0.469 e. The maximum atomic E-state index is 13.0. The molecule has 150 valence electrons. The Morgan fingerprint density at radius 3 is 2.11 bits per heavy atom. The van der Waals surface area contributed by atoms with E-state index in [0.29, 0.717) is 0 Å². The number of hydrogen-bond acceptors (Lipinski definition) is 3. The smallest absolute Gasteiger partial charge is 0.416 e. The van der Waals surface area contributed by atoms with Crippen LogP contribution in [0.15, 0.2) is 24.3 Å². The van der Waals surface area contributed by atoms with E-state index in [1.54, 1.807) is 4.90 Å². The molecule has 1 aromatic rings. The minimum absolute atomic E-state index is 0.00949. The molecule has 0 aliphatic heterocycles. The Labute approximate surface area is 157 Å². The second kappa shape index (κ2) is 9.76. The van der Waals surface area contributed by atoms with Crippen LogP contribution in [0.25, 0.3) is 0 Å². The van der Waals surface area contributed by atoms with Crippen LogP contribution in [0.1, 0.15) is 67.3 Å². The number of carbonyl (C=O) groups is 2. The number of methoxy groups -OCH3 is 1. The van der Waals surface area contributed by atoms with E-state index in [4.69, 9.17) is 0 Å². The molecule has 7 heteroatoms. The van der Waals surface area contributed by atoms with Crippen LogP contribution in [0, 0.1) is 0 Å². The van der Waals surface area contributed by atoms with Crippen molar-refractivity contribution in [2.75, 3.05) is 13.7 Å². The summed E-state index contributed by atoms with van der Waals surface area (Å²) in [5.41, 5.74) is -0.582. The van der Waals surface area contributed by atoms with Crippen LogP contribution in [-0.2, 0) is 15.7 Å². The summed E-state index contributed by atoms with van der Waals surface area (Å²) in [6.07, 6.45) is 2.71. The average molecular weight is 385 g/mol. The van der Waals surface area contributed by atoms with Gasteiger partial charge in [-0.25, -0.2) is 0 Å². The third-order valence-corrected chi connectivity index (χ3v) is 5.02. The molecule has 0 bridgehead atoms. The average Bonchev–Trinajstić information content (AvgIpc) is 2.62. The third kappa shape index (κ3) is 6.26. The molecule has 1 amide bonds. The molecule has 0 N–H and O–H groups in total. The van der Waals surface area contributed by atoms with Crippen LogP contribution in [0.3, 0.4) is 0 Å². The summed E-state index contributed by atoms with van der Waals surface area (Å²) in [7, 11) is 1.29. The van der Waals surface area contributed by atoms with E-state index in [9.17, 15) is 22.8 Å². The summed E-state index contributed by atoms with van der Waals surface area (Å²) in [4.78, 5) is 26.2. The van der Waals surface area contributed by atoms with Gasteiger partial charge in [0, 0.05) is 18.2 Å². The standard InChI is InChI=1S/C20H26F3NO3/c1-27-18(25)13-14-24(17-7-5-3-2-4-6-8-17)19(26)15-9-11-16(12-10-15)20(21,22)23/h9-12,17H,2-8,13-14H2,1H3. The number of hydrogen-bond donors (Lipinski definition) is 0. The number of benzene rings is 1. The molecule has 0 spiro atoms. The van der Waals surface area contributed by atoms with E-state index in [1.165, 1.54) is 25.7 Å². The summed E-state index contributed by atoms with van der Waals surface area (Å²) >= 11 is 0. The maximum Gasteiger partial charge on any atom is 0.416 e. The van der Waals surface area contributed by atoms with E-state index in [-0.39, 0.29) is 30.5 Å². The maximum absolute atomic E-state index is 13.0. The van der Waals surface area contributed by atoms with Crippen molar-refractivity contribution in [3.8, 4) is 0 Å². The zero-order chi connectivity index (χ0) is 19.9. The number of rotatable bonds is 5. The normalized spacial score (nSPS) is 16.3. The van der Waals surface area contributed by atoms with Crippen molar-refractivity contribution >= 4 is 11.9 Å². The summed E-state index contributed by atoms with van der Waals surface area (Å²) in [6, 6.07) is 4.25. The number of halogens is 3. The molecule has 0 unspecified atom stereocenters. The predicted molar refractivity (Wildman–Crippen MR) is 95.2 cm³/mol. The number of amides is 1. The lowest BCUT2D eigenvalue weighted by molar-refractivity contribution is -0.141. The van der Waals surface area contributed by atoms with Crippen LogP contribution in [0.4, 0.5) is 13.2 Å². The van der Waals surface area contributed by atoms with Crippen LogP contribution in [0.2, 0.25) is 0 Å². The van der Waals surface area contributed by atoms with Gasteiger partial charge in [0.1, 0.15) is 0 Å². The van der Waals surface area contributed by atoms with Crippen molar-refractivity contribution in [1.82, 2.24) is 4.90 Å². The Balaban J connectivity index is 2.19. The lowest BCUT2D eigenvalue weighted by Gasteiger charge is -2.33. The van der Waals surface area contributed by atoms with Gasteiger partial charge in [0.25, 0.3) is 5.91 Å². The highest BCUT2D eigenvalue weighted by molar-refractivity contribution is 5.94. The second-order valence-electron chi connectivity index (χ2n) is 6.90. The monoisotopic (exact) mass is 385 g/mol. The molecule has 2 rings (SSSR count). The Morgan fingerprint density at radius 1 is 1.04 bits per heavy atom. The molecule has 1 saturated carbocycles. The first-order valence-corrected chi connectivity index (χ1v) is 9.38. The first-order chi connectivity index (χ1) is 12.8. The fraction of sp³-hybridized carbons (Fsp3) is 0.600. The van der Waals surface area contributed by atoms with Gasteiger partial charge in [-0.1, -0.05) is 32.1 Å². The molecule has 27 heavy (non-hydrogen) atoms.